The summed E-state index contributed by atoms with van der Waals surface area (Å²) >= 11 is 0. The molecule has 222 valence electrons. The number of ether oxygens (including phenoxy) is 4. The topological polar surface area (TPSA) is 129 Å². The summed E-state index contributed by atoms with van der Waals surface area (Å²) in [4.78, 5) is 49.4. The minimum Gasteiger partial charge on any atom is -0.464 e. The van der Waals surface area contributed by atoms with E-state index in [4.69, 9.17) is 18.9 Å². The number of carbonyl (C=O) groups excluding carboxylic acids is 4. The Hall–Kier alpha value is -1.82. The van der Waals surface area contributed by atoms with Crippen molar-refractivity contribution in [2.75, 3.05) is 24.7 Å². The van der Waals surface area contributed by atoms with Crippen molar-refractivity contribution in [3.05, 3.63) is 0 Å². The standard InChI is InChI=1S/C26H48N2O8S2/c1-9-11-15-33-21(29)19(27-23(31)35-25(3,4)5)14-13-17-37-38-18-20(22(30)34-16-12-10-2)28-24(32)36-26(6,7)8/h19-20H,9-18H2,1-8H3,(H,27,31)(H,28,32)/t19-,20-/m0/s1. The number of carbonyl (C=O) groups is 4. The van der Waals surface area contributed by atoms with Crippen molar-refractivity contribution in [1.82, 2.24) is 10.6 Å². The molecule has 0 unspecified atom stereocenters. The minimum absolute atomic E-state index is 0.285. The van der Waals surface area contributed by atoms with Gasteiger partial charge in [-0.15, -0.1) is 0 Å². The number of esters is 2. The van der Waals surface area contributed by atoms with E-state index >= 15 is 0 Å². The highest BCUT2D eigenvalue weighted by Crippen LogP contribution is 2.24. The molecule has 0 saturated heterocycles. The first-order valence-corrected chi connectivity index (χ1v) is 15.7. The summed E-state index contributed by atoms with van der Waals surface area (Å²) in [5.41, 5.74) is -1.38. The molecule has 0 spiro atoms. The molecular formula is C26H48N2O8S2. The summed E-state index contributed by atoms with van der Waals surface area (Å²) in [6.07, 6.45) is 2.89. The molecule has 0 aliphatic rings. The highest BCUT2D eigenvalue weighted by atomic mass is 33.1. The summed E-state index contributed by atoms with van der Waals surface area (Å²) in [6, 6.07) is -1.67. The molecule has 2 N–H and O–H groups in total. The molecule has 0 aromatic rings. The van der Waals surface area contributed by atoms with Gasteiger partial charge in [0.05, 0.1) is 13.2 Å². The SMILES string of the molecule is CCCCOC(=O)[C@H](CCCSSC[C@H](NC(=O)OC(C)(C)C)C(=O)OCCCC)NC(=O)OC(C)(C)C. The van der Waals surface area contributed by atoms with Crippen LogP contribution in [0.2, 0.25) is 0 Å². The first-order valence-electron chi connectivity index (χ1n) is 13.2. The second-order valence-electron chi connectivity index (χ2n) is 10.7. The van der Waals surface area contributed by atoms with Gasteiger partial charge in [-0.2, -0.15) is 0 Å². The number of unbranched alkanes of at least 4 members (excludes halogenated alkanes) is 2. The lowest BCUT2D eigenvalue weighted by Gasteiger charge is -2.23. The van der Waals surface area contributed by atoms with Gasteiger partial charge >= 0.3 is 24.1 Å². The van der Waals surface area contributed by atoms with Crippen LogP contribution >= 0.6 is 21.6 Å². The number of rotatable bonds is 17. The largest absolute Gasteiger partial charge is 0.464 e. The van der Waals surface area contributed by atoms with Crippen molar-refractivity contribution in [1.29, 1.82) is 0 Å². The van der Waals surface area contributed by atoms with Crippen LogP contribution in [0, 0.1) is 0 Å². The zero-order valence-electron chi connectivity index (χ0n) is 24.3. The Balaban J connectivity index is 4.81. The Morgan fingerprint density at radius 3 is 1.58 bits per heavy atom. The van der Waals surface area contributed by atoms with Crippen LogP contribution in [0.15, 0.2) is 0 Å². The van der Waals surface area contributed by atoms with Crippen molar-refractivity contribution in [2.24, 2.45) is 0 Å². The second kappa shape index (κ2) is 19.3. The van der Waals surface area contributed by atoms with Crippen LogP contribution in [0.1, 0.15) is 93.9 Å². The lowest BCUT2D eigenvalue weighted by Crippen LogP contribution is -2.45. The van der Waals surface area contributed by atoms with Crippen LogP contribution in [0.3, 0.4) is 0 Å². The first kappa shape index (κ1) is 36.2. The number of hydrogen-bond donors (Lipinski definition) is 2. The fourth-order valence-electron chi connectivity index (χ4n) is 2.67. The summed E-state index contributed by atoms with van der Waals surface area (Å²) < 4.78 is 21.1. The zero-order valence-corrected chi connectivity index (χ0v) is 25.9. The average Bonchev–Trinajstić information content (AvgIpc) is 2.77. The van der Waals surface area contributed by atoms with E-state index in [-0.39, 0.29) is 5.75 Å². The summed E-state index contributed by atoms with van der Waals surface area (Å²) in [5, 5.41) is 5.21. The fourth-order valence-corrected chi connectivity index (χ4v) is 4.93. The molecule has 0 saturated carbocycles. The highest BCUT2D eigenvalue weighted by molar-refractivity contribution is 8.76. The molecule has 0 aromatic carbocycles. The third-order valence-electron chi connectivity index (χ3n) is 4.47. The molecule has 12 heteroatoms. The maximum atomic E-state index is 12.5. The molecule has 0 aliphatic heterocycles. The second-order valence-corrected chi connectivity index (χ2v) is 13.3. The molecule has 0 aromatic heterocycles. The molecule has 0 radical (unpaired) electrons. The predicted octanol–water partition coefficient (Wildman–Crippen LogP) is 5.62. The van der Waals surface area contributed by atoms with Gasteiger partial charge in [-0.25, -0.2) is 19.2 Å². The van der Waals surface area contributed by atoms with E-state index < -0.39 is 47.4 Å². The van der Waals surface area contributed by atoms with Gasteiger partial charge in [0.15, 0.2) is 0 Å². The van der Waals surface area contributed by atoms with Crippen LogP contribution in [-0.4, -0.2) is 72.1 Å². The monoisotopic (exact) mass is 580 g/mol. The van der Waals surface area contributed by atoms with Crippen LogP contribution in [-0.2, 0) is 28.5 Å². The normalized spacial score (nSPS) is 13.2. The Labute approximate surface area is 236 Å². The summed E-state index contributed by atoms with van der Waals surface area (Å²) in [5.74, 6) is -0.0657. The van der Waals surface area contributed by atoms with Crippen LogP contribution in [0.25, 0.3) is 0 Å². The molecule has 0 aliphatic carbocycles. The molecule has 0 heterocycles. The van der Waals surface area contributed by atoms with Gasteiger partial charge < -0.3 is 29.6 Å². The first-order chi connectivity index (χ1) is 17.7. The highest BCUT2D eigenvalue weighted by Gasteiger charge is 2.27. The predicted molar refractivity (Wildman–Crippen MR) is 152 cm³/mol. The van der Waals surface area contributed by atoms with Crippen LogP contribution in [0.5, 0.6) is 0 Å². The van der Waals surface area contributed by atoms with Crippen molar-refractivity contribution < 1.29 is 38.1 Å². The number of alkyl carbamates (subject to hydrolysis) is 2. The summed E-state index contributed by atoms with van der Waals surface area (Å²) in [6.45, 7) is 15.1. The van der Waals surface area contributed by atoms with E-state index in [9.17, 15) is 19.2 Å². The minimum atomic E-state index is -0.852. The number of nitrogens with one attached hydrogen (secondary N) is 2. The molecular weight excluding hydrogens is 532 g/mol. The molecule has 10 nitrogen and oxygen atoms in total. The van der Waals surface area contributed by atoms with Crippen molar-refractivity contribution in [3.63, 3.8) is 0 Å². The zero-order chi connectivity index (χ0) is 29.2. The third kappa shape index (κ3) is 20.2. The van der Waals surface area contributed by atoms with Crippen molar-refractivity contribution >= 4 is 45.7 Å². The van der Waals surface area contributed by atoms with Crippen molar-refractivity contribution in [3.8, 4) is 0 Å². The van der Waals surface area contributed by atoms with Gasteiger partial charge in [0, 0.05) is 11.5 Å². The Morgan fingerprint density at radius 2 is 1.13 bits per heavy atom. The molecule has 2 amide bonds. The van der Waals surface area contributed by atoms with E-state index in [0.29, 0.717) is 31.8 Å². The number of amides is 2. The number of hydrogen-bond acceptors (Lipinski definition) is 10. The third-order valence-corrected chi connectivity index (χ3v) is 6.97. The van der Waals surface area contributed by atoms with Crippen LogP contribution < -0.4 is 10.6 Å². The summed E-state index contributed by atoms with van der Waals surface area (Å²) in [7, 11) is 2.90. The molecule has 0 rings (SSSR count). The molecule has 2 atom stereocenters. The van der Waals surface area contributed by atoms with Crippen LogP contribution in [0.4, 0.5) is 9.59 Å². The Morgan fingerprint density at radius 1 is 0.684 bits per heavy atom. The quantitative estimate of drug-likeness (QED) is 0.0967. The van der Waals surface area contributed by atoms with E-state index in [0.717, 1.165) is 25.7 Å². The van der Waals surface area contributed by atoms with E-state index in [1.165, 1.54) is 21.6 Å². The Bertz CT molecular complexity index is 663. The maximum Gasteiger partial charge on any atom is 0.408 e. The molecule has 0 bridgehead atoms. The van der Waals surface area contributed by atoms with Gasteiger partial charge in [-0.3, -0.25) is 0 Å². The van der Waals surface area contributed by atoms with Gasteiger partial charge in [0.25, 0.3) is 0 Å². The average molecular weight is 581 g/mol. The lowest BCUT2D eigenvalue weighted by atomic mass is 10.1. The van der Waals surface area contributed by atoms with Crippen molar-refractivity contribution in [2.45, 2.75) is 117 Å². The fraction of sp³-hybridized carbons (Fsp3) is 0.846. The smallest absolute Gasteiger partial charge is 0.408 e. The lowest BCUT2D eigenvalue weighted by molar-refractivity contribution is -0.147. The maximum absolute atomic E-state index is 12.5. The molecule has 38 heavy (non-hydrogen) atoms. The van der Waals surface area contributed by atoms with Gasteiger partial charge in [-0.05, 0) is 67.2 Å². The van der Waals surface area contributed by atoms with Gasteiger partial charge in [-0.1, -0.05) is 48.3 Å². The van der Waals surface area contributed by atoms with E-state index in [1.54, 1.807) is 41.5 Å². The Kier molecular flexibility index (Phi) is 18.3. The van der Waals surface area contributed by atoms with E-state index in [2.05, 4.69) is 10.6 Å². The van der Waals surface area contributed by atoms with Gasteiger partial charge in [0.1, 0.15) is 23.3 Å². The molecule has 0 fully saturated rings. The van der Waals surface area contributed by atoms with Gasteiger partial charge in [0.2, 0.25) is 0 Å². The van der Waals surface area contributed by atoms with E-state index in [1.807, 2.05) is 13.8 Å².